The molecule has 1 atom stereocenters. The van der Waals surface area contributed by atoms with Crippen molar-refractivity contribution in [3.8, 4) is 11.5 Å². The number of ketones is 1. The Kier molecular flexibility index (Phi) is 3.10. The quantitative estimate of drug-likeness (QED) is 0.786. The number of carbonyl (C=O) groups excluding carboxylic acids is 1. The highest BCUT2D eigenvalue weighted by atomic mass is 16.7. The molecule has 0 amide bonds. The molecule has 1 heterocycles. The van der Waals surface area contributed by atoms with E-state index in [9.17, 15) is 4.79 Å². The van der Waals surface area contributed by atoms with Crippen molar-refractivity contribution in [3.05, 3.63) is 23.8 Å². The maximum Gasteiger partial charge on any atom is 0.231 e. The molecule has 0 aliphatic carbocycles. The van der Waals surface area contributed by atoms with Crippen molar-refractivity contribution in [2.24, 2.45) is 5.73 Å². The molecule has 16 heavy (non-hydrogen) atoms. The second-order valence-corrected chi connectivity index (χ2v) is 3.83. The molecule has 4 heteroatoms. The largest absolute Gasteiger partial charge is 0.454 e. The molecule has 2 N–H and O–H groups in total. The van der Waals surface area contributed by atoms with Crippen molar-refractivity contribution in [1.29, 1.82) is 0 Å². The molecular formula is C12H15NO3. The van der Waals surface area contributed by atoms with Crippen LogP contribution in [0.5, 0.6) is 11.5 Å². The molecule has 0 fully saturated rings. The number of hydrogen-bond donors (Lipinski definition) is 1. The van der Waals surface area contributed by atoms with Gasteiger partial charge in [-0.3, -0.25) is 4.79 Å². The highest BCUT2D eigenvalue weighted by Gasteiger charge is 2.19. The second kappa shape index (κ2) is 4.53. The highest BCUT2D eigenvalue weighted by molar-refractivity contribution is 6.00. The van der Waals surface area contributed by atoms with Gasteiger partial charge in [0.25, 0.3) is 0 Å². The molecule has 0 bridgehead atoms. The third-order valence-corrected chi connectivity index (χ3v) is 2.59. The predicted octanol–water partition coefficient (Wildman–Crippen LogP) is 1.73. The second-order valence-electron chi connectivity index (χ2n) is 3.83. The fourth-order valence-corrected chi connectivity index (χ4v) is 1.71. The number of Topliss-reactive ketones (excluding diaryl/α,β-unsaturated/α-hetero) is 1. The molecule has 2 rings (SSSR count). The first-order valence-electron chi connectivity index (χ1n) is 5.42. The van der Waals surface area contributed by atoms with Crippen molar-refractivity contribution in [2.75, 3.05) is 6.79 Å². The lowest BCUT2D eigenvalue weighted by Gasteiger charge is -2.09. The number of nitrogens with two attached hydrogens (primary N) is 1. The fraction of sp³-hybridized carbons (Fsp3) is 0.417. The Morgan fingerprint density at radius 1 is 1.44 bits per heavy atom. The van der Waals surface area contributed by atoms with Gasteiger partial charge < -0.3 is 15.2 Å². The number of fused-ring (bicyclic) bond motifs is 1. The summed E-state index contributed by atoms with van der Waals surface area (Å²) in [5.74, 6) is 1.26. The Bertz CT molecular complexity index is 403. The monoisotopic (exact) mass is 221 g/mol. The summed E-state index contributed by atoms with van der Waals surface area (Å²) in [4.78, 5) is 11.9. The minimum absolute atomic E-state index is 0.0415. The molecule has 1 aliphatic heterocycles. The van der Waals surface area contributed by atoms with E-state index in [0.29, 0.717) is 23.5 Å². The van der Waals surface area contributed by atoms with Crippen LogP contribution in [0.1, 0.15) is 30.1 Å². The number of rotatable bonds is 4. The van der Waals surface area contributed by atoms with E-state index in [-0.39, 0.29) is 12.6 Å². The van der Waals surface area contributed by atoms with E-state index in [1.807, 2.05) is 6.92 Å². The van der Waals surface area contributed by atoms with Crippen LogP contribution in [0.15, 0.2) is 18.2 Å². The zero-order valence-corrected chi connectivity index (χ0v) is 9.23. The van der Waals surface area contributed by atoms with Gasteiger partial charge in [0, 0.05) is 5.56 Å². The summed E-state index contributed by atoms with van der Waals surface area (Å²) in [6.45, 7) is 2.22. The number of benzene rings is 1. The van der Waals surface area contributed by atoms with Gasteiger partial charge in [0.15, 0.2) is 17.3 Å². The molecule has 1 aliphatic rings. The molecule has 0 saturated heterocycles. The van der Waals surface area contributed by atoms with Crippen molar-refractivity contribution < 1.29 is 14.3 Å². The van der Waals surface area contributed by atoms with Crippen molar-refractivity contribution in [2.45, 2.75) is 25.8 Å². The molecular weight excluding hydrogens is 206 g/mol. The zero-order valence-electron chi connectivity index (χ0n) is 9.23. The van der Waals surface area contributed by atoms with Gasteiger partial charge in [-0.2, -0.15) is 0 Å². The van der Waals surface area contributed by atoms with Crippen molar-refractivity contribution in [1.82, 2.24) is 0 Å². The van der Waals surface area contributed by atoms with Gasteiger partial charge in [0.05, 0.1) is 6.04 Å². The Hall–Kier alpha value is -1.55. The summed E-state index contributed by atoms with van der Waals surface area (Å²) in [6.07, 6.45) is 1.60. The van der Waals surface area contributed by atoms with Crippen LogP contribution in [0, 0.1) is 0 Å². The van der Waals surface area contributed by atoms with E-state index in [2.05, 4.69) is 0 Å². The van der Waals surface area contributed by atoms with Crippen LogP contribution in [0.25, 0.3) is 0 Å². The average molecular weight is 221 g/mol. The van der Waals surface area contributed by atoms with Crippen molar-refractivity contribution >= 4 is 5.78 Å². The van der Waals surface area contributed by atoms with E-state index in [1.165, 1.54) is 0 Å². The molecule has 1 aromatic carbocycles. The maximum atomic E-state index is 11.9. The maximum absolute atomic E-state index is 11.9. The summed E-state index contributed by atoms with van der Waals surface area (Å²) in [5, 5.41) is 0. The molecule has 86 valence electrons. The lowest BCUT2D eigenvalue weighted by atomic mass is 10.0. The Morgan fingerprint density at radius 2 is 2.19 bits per heavy atom. The predicted molar refractivity (Wildman–Crippen MR) is 59.8 cm³/mol. The van der Waals surface area contributed by atoms with Crippen LogP contribution in [0.3, 0.4) is 0 Å². The Morgan fingerprint density at radius 3 is 2.94 bits per heavy atom. The van der Waals surface area contributed by atoms with Gasteiger partial charge in [-0.15, -0.1) is 0 Å². The van der Waals surface area contributed by atoms with Gasteiger partial charge in [0.1, 0.15) is 0 Å². The molecule has 0 unspecified atom stereocenters. The number of hydrogen-bond acceptors (Lipinski definition) is 4. The minimum Gasteiger partial charge on any atom is -0.454 e. The molecule has 0 radical (unpaired) electrons. The molecule has 0 saturated carbocycles. The van der Waals surface area contributed by atoms with E-state index in [0.717, 1.165) is 6.42 Å². The van der Waals surface area contributed by atoms with Crippen LogP contribution >= 0.6 is 0 Å². The lowest BCUT2D eigenvalue weighted by Crippen LogP contribution is -2.30. The summed E-state index contributed by atoms with van der Waals surface area (Å²) in [5.41, 5.74) is 6.37. The molecule has 0 spiro atoms. The van der Waals surface area contributed by atoms with Gasteiger partial charge in [-0.1, -0.05) is 13.3 Å². The molecule has 4 nitrogen and oxygen atoms in total. The van der Waals surface area contributed by atoms with Gasteiger partial charge in [-0.25, -0.2) is 0 Å². The van der Waals surface area contributed by atoms with E-state index in [4.69, 9.17) is 15.2 Å². The minimum atomic E-state index is -0.426. The van der Waals surface area contributed by atoms with Crippen LogP contribution in [0.2, 0.25) is 0 Å². The smallest absolute Gasteiger partial charge is 0.231 e. The first-order chi connectivity index (χ1) is 7.72. The molecule has 1 aromatic rings. The highest BCUT2D eigenvalue weighted by Crippen LogP contribution is 2.32. The Labute approximate surface area is 94.3 Å². The zero-order chi connectivity index (χ0) is 11.5. The first kappa shape index (κ1) is 11.0. The van der Waals surface area contributed by atoms with Crippen LogP contribution in [-0.2, 0) is 0 Å². The van der Waals surface area contributed by atoms with Crippen molar-refractivity contribution in [3.63, 3.8) is 0 Å². The summed E-state index contributed by atoms with van der Waals surface area (Å²) < 4.78 is 10.4. The molecule has 0 aromatic heterocycles. The summed E-state index contributed by atoms with van der Waals surface area (Å²) >= 11 is 0. The average Bonchev–Trinajstić information content (AvgIpc) is 2.75. The van der Waals surface area contributed by atoms with Gasteiger partial charge in [0.2, 0.25) is 6.79 Å². The topological polar surface area (TPSA) is 61.6 Å². The third-order valence-electron chi connectivity index (χ3n) is 2.59. The summed E-state index contributed by atoms with van der Waals surface area (Å²) in [6, 6.07) is 4.74. The van der Waals surface area contributed by atoms with E-state index >= 15 is 0 Å². The number of ether oxygens (including phenoxy) is 2. The fourth-order valence-electron chi connectivity index (χ4n) is 1.71. The van der Waals surface area contributed by atoms with Crippen LogP contribution in [0.4, 0.5) is 0 Å². The lowest BCUT2D eigenvalue weighted by molar-refractivity contribution is 0.0956. The summed E-state index contributed by atoms with van der Waals surface area (Å²) in [7, 11) is 0. The number of carbonyl (C=O) groups is 1. The van der Waals surface area contributed by atoms with Crippen LogP contribution in [-0.4, -0.2) is 18.6 Å². The van der Waals surface area contributed by atoms with Crippen LogP contribution < -0.4 is 15.2 Å². The SMILES string of the molecule is CCC[C@@H](N)C(=O)c1ccc2c(c1)OCO2. The van der Waals surface area contributed by atoms with Gasteiger partial charge in [-0.05, 0) is 24.6 Å². The normalized spacial score (nSPS) is 14.9. The standard InChI is InChI=1S/C12H15NO3/c1-2-3-9(13)12(14)8-4-5-10-11(6-8)16-7-15-10/h4-6,9H,2-3,7,13H2,1H3/t9-/m1/s1. The third kappa shape index (κ3) is 2.02. The van der Waals surface area contributed by atoms with Gasteiger partial charge >= 0.3 is 0 Å². The first-order valence-corrected chi connectivity index (χ1v) is 5.42. The van der Waals surface area contributed by atoms with E-state index in [1.54, 1.807) is 18.2 Å². The van der Waals surface area contributed by atoms with E-state index < -0.39 is 6.04 Å². The Balaban J connectivity index is 2.18.